The fourth-order valence-corrected chi connectivity index (χ4v) is 3.36. The molecule has 0 atom stereocenters. The summed E-state index contributed by atoms with van der Waals surface area (Å²) < 4.78 is 0. The molecule has 3 nitrogen and oxygen atoms in total. The fraction of sp³-hybridized carbons (Fsp3) is 0.611. The van der Waals surface area contributed by atoms with Crippen molar-refractivity contribution in [2.24, 2.45) is 11.1 Å². The van der Waals surface area contributed by atoms with Crippen molar-refractivity contribution in [3.05, 3.63) is 35.4 Å². The van der Waals surface area contributed by atoms with Crippen LogP contribution < -0.4 is 5.73 Å². The lowest BCUT2D eigenvalue weighted by atomic mass is 9.73. The standard InChI is InChI=1S/C18H28N2O/c1-3-15-7-9-16(10-8-15)13-20(2)17(21)18(14-19)11-5-4-6-12-18/h7-10H,3-6,11-14,19H2,1-2H3. The van der Waals surface area contributed by atoms with Gasteiger partial charge >= 0.3 is 0 Å². The SMILES string of the molecule is CCc1ccc(CN(C)C(=O)C2(CN)CCCCC2)cc1. The summed E-state index contributed by atoms with van der Waals surface area (Å²) in [6, 6.07) is 8.54. The highest BCUT2D eigenvalue weighted by Crippen LogP contribution is 2.37. The number of benzene rings is 1. The molecule has 0 bridgehead atoms. The molecule has 116 valence electrons. The quantitative estimate of drug-likeness (QED) is 0.905. The Labute approximate surface area is 128 Å². The zero-order valence-electron chi connectivity index (χ0n) is 13.4. The molecular weight excluding hydrogens is 260 g/mol. The zero-order valence-corrected chi connectivity index (χ0v) is 13.4. The molecule has 1 aliphatic carbocycles. The highest BCUT2D eigenvalue weighted by atomic mass is 16.2. The van der Waals surface area contributed by atoms with Crippen molar-refractivity contribution >= 4 is 5.91 Å². The average Bonchev–Trinajstić information content (AvgIpc) is 2.55. The Morgan fingerprint density at radius 1 is 1.14 bits per heavy atom. The highest BCUT2D eigenvalue weighted by molar-refractivity contribution is 5.83. The molecule has 0 spiro atoms. The maximum Gasteiger partial charge on any atom is 0.230 e. The van der Waals surface area contributed by atoms with E-state index in [1.54, 1.807) is 0 Å². The van der Waals surface area contributed by atoms with Gasteiger partial charge in [0.1, 0.15) is 0 Å². The smallest absolute Gasteiger partial charge is 0.230 e. The molecule has 2 N–H and O–H groups in total. The summed E-state index contributed by atoms with van der Waals surface area (Å²) in [5, 5.41) is 0. The lowest BCUT2D eigenvalue weighted by molar-refractivity contribution is -0.142. The molecule has 1 fully saturated rings. The van der Waals surface area contributed by atoms with E-state index in [2.05, 4.69) is 31.2 Å². The van der Waals surface area contributed by atoms with E-state index in [9.17, 15) is 4.79 Å². The molecule has 0 aliphatic heterocycles. The van der Waals surface area contributed by atoms with Crippen LogP contribution in [-0.2, 0) is 17.8 Å². The van der Waals surface area contributed by atoms with Crippen LogP contribution in [0.25, 0.3) is 0 Å². The van der Waals surface area contributed by atoms with Gasteiger partial charge < -0.3 is 10.6 Å². The molecule has 0 aromatic heterocycles. The molecule has 1 aromatic carbocycles. The Bertz CT molecular complexity index is 461. The third-order valence-corrected chi connectivity index (χ3v) is 4.85. The van der Waals surface area contributed by atoms with E-state index >= 15 is 0 Å². The number of aryl methyl sites for hydroxylation is 1. The van der Waals surface area contributed by atoms with E-state index < -0.39 is 0 Å². The van der Waals surface area contributed by atoms with Crippen LogP contribution in [0.3, 0.4) is 0 Å². The van der Waals surface area contributed by atoms with Crippen LogP contribution in [0.2, 0.25) is 0 Å². The van der Waals surface area contributed by atoms with Crippen LogP contribution >= 0.6 is 0 Å². The Kier molecular flexibility index (Phi) is 5.40. The zero-order chi connectivity index (χ0) is 15.3. The predicted octanol–water partition coefficient (Wildman–Crippen LogP) is 3.12. The van der Waals surface area contributed by atoms with E-state index in [0.717, 1.165) is 32.1 Å². The van der Waals surface area contributed by atoms with Crippen molar-refractivity contribution < 1.29 is 4.79 Å². The van der Waals surface area contributed by atoms with Crippen molar-refractivity contribution in [1.29, 1.82) is 0 Å². The fourth-order valence-electron chi connectivity index (χ4n) is 3.36. The highest BCUT2D eigenvalue weighted by Gasteiger charge is 2.39. The van der Waals surface area contributed by atoms with E-state index in [1.807, 2.05) is 11.9 Å². The van der Waals surface area contributed by atoms with Gasteiger partial charge in [-0.15, -0.1) is 0 Å². The van der Waals surface area contributed by atoms with E-state index in [0.29, 0.717) is 13.1 Å². The number of carbonyl (C=O) groups is 1. The summed E-state index contributed by atoms with van der Waals surface area (Å²) >= 11 is 0. The van der Waals surface area contributed by atoms with E-state index in [-0.39, 0.29) is 11.3 Å². The molecule has 3 heteroatoms. The normalized spacial score (nSPS) is 17.5. The number of nitrogens with two attached hydrogens (primary N) is 1. The second kappa shape index (κ2) is 7.08. The molecule has 0 heterocycles. The van der Waals surface area contributed by atoms with Gasteiger partial charge in [-0.3, -0.25) is 4.79 Å². The monoisotopic (exact) mass is 288 g/mol. The summed E-state index contributed by atoms with van der Waals surface area (Å²) in [4.78, 5) is 14.7. The maximum absolute atomic E-state index is 12.8. The average molecular weight is 288 g/mol. The molecule has 0 unspecified atom stereocenters. The molecule has 21 heavy (non-hydrogen) atoms. The summed E-state index contributed by atoms with van der Waals surface area (Å²) in [5.74, 6) is 0.226. The summed E-state index contributed by atoms with van der Waals surface area (Å²) in [6.45, 7) is 3.30. The summed E-state index contributed by atoms with van der Waals surface area (Å²) in [7, 11) is 1.90. The number of hydrogen-bond donors (Lipinski definition) is 1. The first kappa shape index (κ1) is 16.0. The number of amides is 1. The lowest BCUT2D eigenvalue weighted by Gasteiger charge is -2.37. The van der Waals surface area contributed by atoms with Crippen LogP contribution in [0.15, 0.2) is 24.3 Å². The largest absolute Gasteiger partial charge is 0.341 e. The first-order valence-corrected chi connectivity index (χ1v) is 8.15. The molecule has 0 radical (unpaired) electrons. The van der Waals surface area contributed by atoms with Crippen LogP contribution in [0.1, 0.15) is 50.2 Å². The first-order valence-electron chi connectivity index (χ1n) is 8.15. The molecule has 1 saturated carbocycles. The van der Waals surface area contributed by atoms with Crippen LogP contribution in [0.5, 0.6) is 0 Å². The minimum Gasteiger partial charge on any atom is -0.341 e. The Morgan fingerprint density at radius 3 is 2.24 bits per heavy atom. The molecule has 1 aromatic rings. The number of carbonyl (C=O) groups excluding carboxylic acids is 1. The van der Waals surface area contributed by atoms with Gasteiger partial charge in [-0.05, 0) is 30.4 Å². The van der Waals surface area contributed by atoms with Crippen LogP contribution in [0.4, 0.5) is 0 Å². The van der Waals surface area contributed by atoms with E-state index in [1.165, 1.54) is 17.5 Å². The minimum atomic E-state index is -0.309. The first-order chi connectivity index (χ1) is 10.1. The van der Waals surface area contributed by atoms with Gasteiger partial charge in [0.05, 0.1) is 5.41 Å². The van der Waals surface area contributed by atoms with Gasteiger partial charge in [-0.1, -0.05) is 50.5 Å². The second-order valence-corrected chi connectivity index (χ2v) is 6.38. The number of nitrogens with zero attached hydrogens (tertiary/aromatic N) is 1. The molecular formula is C18H28N2O. The van der Waals surface area contributed by atoms with Gasteiger partial charge in [-0.2, -0.15) is 0 Å². The van der Waals surface area contributed by atoms with Gasteiger partial charge in [0.15, 0.2) is 0 Å². The van der Waals surface area contributed by atoms with Gasteiger partial charge in [0.2, 0.25) is 5.91 Å². The third-order valence-electron chi connectivity index (χ3n) is 4.85. The number of hydrogen-bond acceptors (Lipinski definition) is 2. The van der Waals surface area contributed by atoms with Crippen molar-refractivity contribution in [3.63, 3.8) is 0 Å². The van der Waals surface area contributed by atoms with Crippen molar-refractivity contribution in [3.8, 4) is 0 Å². The Hall–Kier alpha value is -1.35. The number of rotatable bonds is 5. The predicted molar refractivity (Wildman–Crippen MR) is 86.9 cm³/mol. The van der Waals surface area contributed by atoms with E-state index in [4.69, 9.17) is 5.73 Å². The van der Waals surface area contributed by atoms with Crippen LogP contribution in [-0.4, -0.2) is 24.4 Å². The second-order valence-electron chi connectivity index (χ2n) is 6.38. The van der Waals surface area contributed by atoms with Crippen molar-refractivity contribution in [1.82, 2.24) is 4.90 Å². The van der Waals surface area contributed by atoms with Gasteiger partial charge in [0, 0.05) is 20.1 Å². The molecule has 1 amide bonds. The van der Waals surface area contributed by atoms with Crippen molar-refractivity contribution in [2.75, 3.05) is 13.6 Å². The van der Waals surface area contributed by atoms with Crippen LogP contribution in [0, 0.1) is 5.41 Å². The minimum absolute atomic E-state index is 0.226. The lowest BCUT2D eigenvalue weighted by Crippen LogP contribution is -2.47. The molecule has 2 rings (SSSR count). The summed E-state index contributed by atoms with van der Waals surface area (Å²) in [6.07, 6.45) is 6.43. The van der Waals surface area contributed by atoms with Gasteiger partial charge in [0.25, 0.3) is 0 Å². The molecule has 0 saturated heterocycles. The maximum atomic E-state index is 12.8. The Morgan fingerprint density at radius 2 is 1.71 bits per heavy atom. The third kappa shape index (κ3) is 3.65. The Balaban J connectivity index is 2.03. The topological polar surface area (TPSA) is 46.3 Å². The molecule has 1 aliphatic rings. The van der Waals surface area contributed by atoms with Crippen molar-refractivity contribution in [2.45, 2.75) is 52.0 Å². The summed E-state index contributed by atoms with van der Waals surface area (Å²) in [5.41, 5.74) is 8.17. The van der Waals surface area contributed by atoms with Gasteiger partial charge in [-0.25, -0.2) is 0 Å².